The molecule has 0 saturated heterocycles. The van der Waals surface area contributed by atoms with E-state index in [0.29, 0.717) is 21.9 Å². The molecule has 0 radical (unpaired) electrons. The molecular formula is C31H36N3O6S2+. The molecule has 9 nitrogen and oxygen atoms in total. The van der Waals surface area contributed by atoms with Crippen molar-refractivity contribution < 1.29 is 36.1 Å². The highest BCUT2D eigenvalue weighted by molar-refractivity contribution is 7.86. The van der Waals surface area contributed by atoms with Crippen molar-refractivity contribution in [2.24, 2.45) is 0 Å². The summed E-state index contributed by atoms with van der Waals surface area (Å²) in [5.74, 6) is 3.06. The highest BCUT2D eigenvalue weighted by Gasteiger charge is 2.22. The zero-order valence-electron chi connectivity index (χ0n) is 24.2. The molecule has 222 valence electrons. The van der Waals surface area contributed by atoms with Crippen LogP contribution in [-0.2, 0) is 24.5 Å². The van der Waals surface area contributed by atoms with Crippen LogP contribution in [-0.4, -0.2) is 57.9 Å². The molecule has 4 rings (SSSR count). The molecule has 0 aromatic heterocycles. The van der Waals surface area contributed by atoms with Crippen LogP contribution < -0.4 is 10.8 Å². The number of rotatable bonds is 10. The van der Waals surface area contributed by atoms with Gasteiger partial charge in [-0.25, -0.2) is 13.0 Å². The van der Waals surface area contributed by atoms with Crippen molar-refractivity contribution in [3.63, 3.8) is 0 Å². The molecule has 3 N–H and O–H groups in total. The topological polar surface area (TPSA) is 134 Å². The zero-order valence-corrected chi connectivity index (χ0v) is 25.8. The Hall–Kier alpha value is -3.61. The van der Waals surface area contributed by atoms with Crippen molar-refractivity contribution in [1.82, 2.24) is 0 Å². The number of anilines is 1. The van der Waals surface area contributed by atoms with Gasteiger partial charge in [0.2, 0.25) is 0 Å². The Morgan fingerprint density at radius 2 is 1.45 bits per heavy atom. The van der Waals surface area contributed by atoms with E-state index in [1.807, 2.05) is 48.6 Å². The van der Waals surface area contributed by atoms with E-state index >= 15 is 0 Å². The van der Waals surface area contributed by atoms with Crippen LogP contribution in [0.25, 0.3) is 16.3 Å². The summed E-state index contributed by atoms with van der Waals surface area (Å²) in [5.41, 5.74) is 4.64. The summed E-state index contributed by atoms with van der Waals surface area (Å²) in [6, 6.07) is 14.6. The molecule has 0 fully saturated rings. The van der Waals surface area contributed by atoms with Gasteiger partial charge in [-0.05, 0) is 109 Å². The van der Waals surface area contributed by atoms with E-state index in [-0.39, 0.29) is 4.90 Å². The molecule has 3 aromatic rings. The first-order valence-electron chi connectivity index (χ1n) is 13.8. The van der Waals surface area contributed by atoms with E-state index in [4.69, 9.17) is 0 Å². The molecule has 0 saturated carbocycles. The second-order valence-corrected chi connectivity index (χ2v) is 12.7. The van der Waals surface area contributed by atoms with E-state index < -0.39 is 25.1 Å². The number of benzene rings is 3. The second-order valence-electron chi connectivity index (χ2n) is 9.69. The monoisotopic (exact) mass is 610 g/mol. The van der Waals surface area contributed by atoms with Gasteiger partial charge >= 0.3 is 10.1 Å². The van der Waals surface area contributed by atoms with Gasteiger partial charge in [-0.3, -0.25) is 0 Å². The third kappa shape index (κ3) is 6.40. The van der Waals surface area contributed by atoms with Crippen LogP contribution >= 0.6 is 0 Å². The first-order valence-corrected chi connectivity index (χ1v) is 16.6. The van der Waals surface area contributed by atoms with Crippen LogP contribution in [0.1, 0.15) is 38.8 Å². The van der Waals surface area contributed by atoms with Crippen LogP contribution in [0.5, 0.6) is 0 Å². The predicted octanol–water partition coefficient (Wildman–Crippen LogP) is 3.87. The Kier molecular flexibility index (Phi) is 9.49. The van der Waals surface area contributed by atoms with E-state index in [9.17, 15) is 21.4 Å². The molecule has 0 aliphatic heterocycles. The van der Waals surface area contributed by atoms with Crippen LogP contribution in [0, 0.1) is 0 Å². The number of fused-ring (bicyclic) bond motifs is 1. The lowest BCUT2D eigenvalue weighted by atomic mass is 9.88. The molecule has 3 aromatic carbocycles. The maximum Gasteiger partial charge on any atom is 0.342 e. The van der Waals surface area contributed by atoms with Crippen molar-refractivity contribution in [3.05, 3.63) is 95.6 Å². The molecule has 0 unspecified atom stereocenters. The lowest BCUT2D eigenvalue weighted by Gasteiger charge is -2.22. The van der Waals surface area contributed by atoms with E-state index in [1.54, 1.807) is 0 Å². The molecule has 0 amide bonds. The van der Waals surface area contributed by atoms with Gasteiger partial charge in [0.15, 0.2) is 5.71 Å². The molecule has 0 spiro atoms. The van der Waals surface area contributed by atoms with E-state index in [2.05, 4.69) is 47.4 Å². The highest BCUT2D eigenvalue weighted by Crippen LogP contribution is 2.37. The summed E-state index contributed by atoms with van der Waals surface area (Å²) in [6.45, 7) is 11.6. The maximum atomic E-state index is 12.6. The van der Waals surface area contributed by atoms with Gasteiger partial charge in [-0.15, -0.1) is 0 Å². The van der Waals surface area contributed by atoms with Gasteiger partial charge < -0.3 is 9.45 Å². The second kappa shape index (κ2) is 12.7. The molecule has 11 heteroatoms. The molecule has 0 bridgehead atoms. The number of nitrogens with zero attached hydrogens (tertiary/aromatic N) is 2. The smallest absolute Gasteiger partial charge is 0.342 e. The minimum Gasteiger partial charge on any atom is -0.744 e. The summed E-state index contributed by atoms with van der Waals surface area (Å²) in [6.07, 6.45) is 7.89. The average molecular weight is 611 g/mol. The maximum absolute atomic E-state index is 12.6. The number of hydrogen-bond acceptors (Lipinski definition) is 7. The van der Waals surface area contributed by atoms with Crippen molar-refractivity contribution in [2.45, 2.75) is 37.5 Å². The number of quaternary nitrogens is 1. The molecule has 0 atom stereocenters. The van der Waals surface area contributed by atoms with Crippen molar-refractivity contribution in [1.29, 1.82) is 0 Å². The Labute approximate surface area is 247 Å². The molecule has 1 aliphatic carbocycles. The molecule has 0 heterocycles. The van der Waals surface area contributed by atoms with Gasteiger partial charge in [0, 0.05) is 30.9 Å². The summed E-state index contributed by atoms with van der Waals surface area (Å²) in [4.78, 5) is 1.65. The Morgan fingerprint density at radius 1 is 0.833 bits per heavy atom. The Bertz CT molecular complexity index is 1810. The van der Waals surface area contributed by atoms with Crippen LogP contribution in [0.15, 0.2) is 94.3 Å². The lowest BCUT2D eigenvalue weighted by Crippen LogP contribution is -2.50. The van der Waals surface area contributed by atoms with Gasteiger partial charge in [-0.1, -0.05) is 22.5 Å². The van der Waals surface area contributed by atoms with Gasteiger partial charge in [-0.2, -0.15) is 14.3 Å². The SMILES string of the molecule is CCN(CC)c1ccc(C(=C2C=CC(=[N+](CC)CC)C=C2)c2cc(S(=O)(=O)[O-])cc3ccc(S(=O)(=O)O[NH3+])cc23)cc1. The fraction of sp³-hybridized carbons (Fsp3) is 0.258. The van der Waals surface area contributed by atoms with Crippen molar-refractivity contribution in [2.75, 3.05) is 31.1 Å². The minimum atomic E-state index is -4.84. The normalized spacial score (nSPS) is 13.6. The minimum absolute atomic E-state index is 0.142. The van der Waals surface area contributed by atoms with E-state index in [0.717, 1.165) is 48.7 Å². The Morgan fingerprint density at radius 3 is 1.98 bits per heavy atom. The molecular weight excluding hydrogens is 574 g/mol. The third-order valence-corrected chi connectivity index (χ3v) is 9.42. The zero-order chi connectivity index (χ0) is 30.7. The van der Waals surface area contributed by atoms with Gasteiger partial charge in [0.25, 0.3) is 0 Å². The van der Waals surface area contributed by atoms with Crippen LogP contribution in [0.2, 0.25) is 0 Å². The van der Waals surface area contributed by atoms with Crippen LogP contribution in [0.3, 0.4) is 0 Å². The largest absolute Gasteiger partial charge is 0.744 e. The summed E-state index contributed by atoms with van der Waals surface area (Å²) in [5, 5.41) is 0.832. The lowest BCUT2D eigenvalue weighted by molar-refractivity contribution is -0.635. The summed E-state index contributed by atoms with van der Waals surface area (Å²) < 4.78 is 68.6. The fourth-order valence-electron chi connectivity index (χ4n) is 5.22. The van der Waals surface area contributed by atoms with Crippen molar-refractivity contribution in [3.8, 4) is 0 Å². The van der Waals surface area contributed by atoms with Gasteiger partial charge in [0.1, 0.15) is 23.2 Å². The van der Waals surface area contributed by atoms with Gasteiger partial charge in [0.05, 0.1) is 9.79 Å². The molecule has 1 aliphatic rings. The first kappa shape index (κ1) is 31.3. The standard InChI is InChI=1S/C31H36N3O6S2/c1-5-33(6-2)25-14-9-22(10-15-25)31(23-11-16-26(17-12-23)34(7-3)8-4)30-21-28(41(35,36)37)19-24-13-18-27(20-29(24)30)42(38,39)40-32/h9-21H,5-8H2,1-4,32H3/q+1. The van der Waals surface area contributed by atoms with Crippen molar-refractivity contribution >= 4 is 48.0 Å². The fourth-order valence-corrected chi connectivity index (χ4v) is 6.38. The van der Waals surface area contributed by atoms with E-state index in [1.165, 1.54) is 30.3 Å². The first-order chi connectivity index (χ1) is 20.0. The third-order valence-electron chi connectivity index (χ3n) is 7.47. The summed E-state index contributed by atoms with van der Waals surface area (Å²) >= 11 is 0. The van der Waals surface area contributed by atoms with Crippen LogP contribution in [0.4, 0.5) is 5.69 Å². The molecule has 42 heavy (non-hydrogen) atoms. The quantitative estimate of drug-likeness (QED) is 0.209. The average Bonchev–Trinajstić information content (AvgIpc) is 2.99. The summed E-state index contributed by atoms with van der Waals surface area (Å²) in [7, 11) is -8.99. The predicted molar refractivity (Wildman–Crippen MR) is 164 cm³/mol. The number of allylic oxidation sites excluding steroid dienone is 5. The number of hydrogen-bond donors (Lipinski definition) is 1. The Balaban J connectivity index is 2.10. The highest BCUT2D eigenvalue weighted by atomic mass is 32.2.